The molecule has 1 fully saturated rings. The summed E-state index contributed by atoms with van der Waals surface area (Å²) in [4.78, 5) is 6.36. The molecule has 0 aromatic heterocycles. The van der Waals surface area contributed by atoms with Crippen molar-refractivity contribution in [2.75, 3.05) is 40.4 Å². The van der Waals surface area contributed by atoms with Crippen molar-refractivity contribution in [1.29, 1.82) is 0 Å². The number of hydrogen-bond acceptors (Lipinski definition) is 3. The van der Waals surface area contributed by atoms with Crippen molar-refractivity contribution in [2.24, 2.45) is 16.6 Å². The molecule has 0 heterocycles. The van der Waals surface area contributed by atoms with Crippen LogP contribution in [0.5, 0.6) is 0 Å². The Bertz CT molecular complexity index is 188. The van der Waals surface area contributed by atoms with Gasteiger partial charge >= 0.3 is 0 Å². The summed E-state index contributed by atoms with van der Waals surface area (Å²) in [6, 6.07) is 0. The first-order valence-corrected chi connectivity index (χ1v) is 5.22. The third kappa shape index (κ3) is 5.19. The fourth-order valence-electron chi connectivity index (χ4n) is 1.10. The van der Waals surface area contributed by atoms with Gasteiger partial charge in [0.25, 0.3) is 0 Å². The molecule has 1 rings (SSSR count). The molecule has 0 radical (unpaired) electrons. The lowest BCUT2D eigenvalue weighted by Crippen LogP contribution is -2.19. The molecular formula is C10H21N3O. The molecule has 2 N–H and O–H groups in total. The highest BCUT2D eigenvalue weighted by atomic mass is 16.5. The molecule has 0 unspecified atom stereocenters. The summed E-state index contributed by atoms with van der Waals surface area (Å²) in [5.74, 6) is 1.40. The van der Waals surface area contributed by atoms with Crippen molar-refractivity contribution in [2.45, 2.75) is 12.8 Å². The Balaban J connectivity index is 1.90. The Hall–Kier alpha value is -0.610. The molecule has 0 spiro atoms. The summed E-state index contributed by atoms with van der Waals surface area (Å²) in [6.07, 6.45) is 2.44. The molecule has 0 saturated heterocycles. The molecule has 82 valence electrons. The lowest BCUT2D eigenvalue weighted by molar-refractivity contribution is 0.124. The average Bonchev–Trinajstić information content (AvgIpc) is 2.92. The largest absolute Gasteiger partial charge is 0.387 e. The van der Waals surface area contributed by atoms with Crippen molar-refractivity contribution in [3.8, 4) is 0 Å². The predicted molar refractivity (Wildman–Crippen MR) is 58.6 cm³/mol. The molecule has 0 atom stereocenters. The number of nitrogens with two attached hydrogens (primary N) is 1. The van der Waals surface area contributed by atoms with E-state index in [2.05, 4.69) is 9.89 Å². The van der Waals surface area contributed by atoms with E-state index in [1.165, 1.54) is 12.8 Å². The van der Waals surface area contributed by atoms with Gasteiger partial charge in [-0.15, -0.1) is 0 Å². The van der Waals surface area contributed by atoms with Crippen molar-refractivity contribution < 1.29 is 4.74 Å². The highest BCUT2D eigenvalue weighted by Gasteiger charge is 2.24. The Labute approximate surface area is 86.1 Å². The van der Waals surface area contributed by atoms with E-state index in [0.717, 1.165) is 19.0 Å². The zero-order valence-electron chi connectivity index (χ0n) is 9.20. The Morgan fingerprint density at radius 3 is 2.71 bits per heavy atom. The number of hydrogen-bond donors (Lipinski definition) is 1. The molecule has 1 aliphatic carbocycles. The van der Waals surface area contributed by atoms with Gasteiger partial charge in [0.15, 0.2) is 0 Å². The van der Waals surface area contributed by atoms with Crippen LogP contribution in [0.2, 0.25) is 0 Å². The molecule has 4 heteroatoms. The van der Waals surface area contributed by atoms with Crippen LogP contribution < -0.4 is 5.73 Å². The van der Waals surface area contributed by atoms with Gasteiger partial charge in [-0.3, -0.25) is 4.99 Å². The highest BCUT2D eigenvalue weighted by molar-refractivity contribution is 5.84. The first-order valence-electron chi connectivity index (χ1n) is 5.22. The maximum atomic E-state index is 5.73. The second kappa shape index (κ2) is 5.98. The zero-order chi connectivity index (χ0) is 10.4. The second-order valence-corrected chi connectivity index (χ2v) is 4.00. The summed E-state index contributed by atoms with van der Waals surface area (Å²) >= 11 is 0. The molecule has 0 aromatic rings. The van der Waals surface area contributed by atoms with Crippen LogP contribution >= 0.6 is 0 Å². The van der Waals surface area contributed by atoms with Crippen LogP contribution in [0.3, 0.4) is 0 Å². The third-order valence-corrected chi connectivity index (χ3v) is 2.21. The molecule has 4 nitrogen and oxygen atoms in total. The highest BCUT2D eigenvalue weighted by Crippen LogP contribution is 2.28. The quantitative estimate of drug-likeness (QED) is 0.365. The molecule has 0 amide bonds. The molecule has 1 saturated carbocycles. The predicted octanol–water partition coefficient (Wildman–Crippen LogP) is 0.332. The molecular weight excluding hydrogens is 178 g/mol. The maximum Gasteiger partial charge on any atom is 0.0969 e. The van der Waals surface area contributed by atoms with Gasteiger partial charge in [0, 0.05) is 12.5 Å². The van der Waals surface area contributed by atoms with Crippen molar-refractivity contribution in [3.63, 3.8) is 0 Å². The topological polar surface area (TPSA) is 50.8 Å². The first-order chi connectivity index (χ1) is 6.70. The smallest absolute Gasteiger partial charge is 0.0969 e. The van der Waals surface area contributed by atoms with Gasteiger partial charge in [-0.05, 0) is 26.9 Å². The van der Waals surface area contributed by atoms with Gasteiger partial charge < -0.3 is 15.4 Å². The van der Waals surface area contributed by atoms with Gasteiger partial charge in [-0.2, -0.15) is 0 Å². The molecule has 14 heavy (non-hydrogen) atoms. The van der Waals surface area contributed by atoms with Gasteiger partial charge in [-0.1, -0.05) is 0 Å². The summed E-state index contributed by atoms with van der Waals surface area (Å²) in [5.41, 5.74) is 5.73. The molecule has 0 aliphatic heterocycles. The standard InChI is InChI=1S/C10H21N3O/c1-13(2)6-8-14-7-5-12-10(11)9-3-4-9/h9H,3-8H2,1-2H3,(H2,11,12). The maximum absolute atomic E-state index is 5.73. The van der Waals surface area contributed by atoms with E-state index >= 15 is 0 Å². The second-order valence-electron chi connectivity index (χ2n) is 4.00. The SMILES string of the molecule is CN(C)CCOCCN=C(N)C1CC1. The normalized spacial score (nSPS) is 17.8. The number of nitrogens with zero attached hydrogens (tertiary/aromatic N) is 2. The van der Waals surface area contributed by atoms with E-state index in [1.807, 2.05) is 14.1 Å². The molecule has 0 aromatic carbocycles. The van der Waals surface area contributed by atoms with Gasteiger partial charge in [0.1, 0.15) is 0 Å². The minimum atomic E-state index is 0.580. The van der Waals surface area contributed by atoms with E-state index in [-0.39, 0.29) is 0 Å². The van der Waals surface area contributed by atoms with Crippen molar-refractivity contribution >= 4 is 5.84 Å². The Morgan fingerprint density at radius 2 is 2.14 bits per heavy atom. The van der Waals surface area contributed by atoms with Gasteiger partial charge in [0.2, 0.25) is 0 Å². The fraction of sp³-hybridized carbons (Fsp3) is 0.900. The minimum absolute atomic E-state index is 0.580. The Morgan fingerprint density at radius 1 is 1.43 bits per heavy atom. The van der Waals surface area contributed by atoms with Crippen LogP contribution in [-0.4, -0.2) is 51.1 Å². The summed E-state index contributed by atoms with van der Waals surface area (Å²) < 4.78 is 5.39. The molecule has 0 bridgehead atoms. The number of likely N-dealkylation sites (N-methyl/N-ethyl adjacent to an activating group) is 1. The van der Waals surface area contributed by atoms with Gasteiger partial charge in [-0.25, -0.2) is 0 Å². The summed E-state index contributed by atoms with van der Waals surface area (Å²) in [6.45, 7) is 3.12. The third-order valence-electron chi connectivity index (χ3n) is 2.21. The van der Waals surface area contributed by atoms with Crippen molar-refractivity contribution in [3.05, 3.63) is 0 Å². The summed E-state index contributed by atoms with van der Waals surface area (Å²) in [7, 11) is 4.07. The summed E-state index contributed by atoms with van der Waals surface area (Å²) in [5, 5.41) is 0. The van der Waals surface area contributed by atoms with Crippen LogP contribution in [0.1, 0.15) is 12.8 Å². The van der Waals surface area contributed by atoms with E-state index in [1.54, 1.807) is 0 Å². The number of aliphatic imine (C=N–C) groups is 1. The number of amidine groups is 1. The number of rotatable bonds is 7. The minimum Gasteiger partial charge on any atom is -0.387 e. The van der Waals surface area contributed by atoms with Crippen molar-refractivity contribution in [1.82, 2.24) is 4.90 Å². The lowest BCUT2D eigenvalue weighted by atomic mass is 10.4. The number of ether oxygens (including phenoxy) is 1. The van der Waals surface area contributed by atoms with Crippen LogP contribution in [0, 0.1) is 5.92 Å². The fourth-order valence-corrected chi connectivity index (χ4v) is 1.10. The van der Waals surface area contributed by atoms with Gasteiger partial charge in [0.05, 0.1) is 25.6 Å². The van der Waals surface area contributed by atoms with E-state index in [9.17, 15) is 0 Å². The Kier molecular flexibility index (Phi) is 4.90. The van der Waals surface area contributed by atoms with Crippen LogP contribution in [0.4, 0.5) is 0 Å². The van der Waals surface area contributed by atoms with E-state index < -0.39 is 0 Å². The average molecular weight is 199 g/mol. The van der Waals surface area contributed by atoms with Crippen LogP contribution in [-0.2, 0) is 4.74 Å². The van der Waals surface area contributed by atoms with Crippen LogP contribution in [0.25, 0.3) is 0 Å². The zero-order valence-corrected chi connectivity index (χ0v) is 9.20. The first kappa shape index (κ1) is 11.5. The van der Waals surface area contributed by atoms with E-state index in [4.69, 9.17) is 10.5 Å². The monoisotopic (exact) mass is 199 g/mol. The van der Waals surface area contributed by atoms with Crippen LogP contribution in [0.15, 0.2) is 4.99 Å². The molecule has 1 aliphatic rings. The van der Waals surface area contributed by atoms with E-state index in [0.29, 0.717) is 19.1 Å². The lowest BCUT2D eigenvalue weighted by Gasteiger charge is -2.08.